The zero-order valence-electron chi connectivity index (χ0n) is 13.2. The molecule has 0 aliphatic heterocycles. The van der Waals surface area contributed by atoms with E-state index in [1.807, 2.05) is 22.2 Å². The SMILES string of the molecule is COc1ccc(NC(=O)Cc2csc(-c3ccsc3)n2)c(OC)c1. The fraction of sp³-hybridized carbons (Fsp3) is 0.176. The van der Waals surface area contributed by atoms with Crippen LogP contribution in [0.1, 0.15) is 5.69 Å². The number of rotatable bonds is 6. The van der Waals surface area contributed by atoms with Crippen molar-refractivity contribution in [2.75, 3.05) is 19.5 Å². The molecule has 0 aliphatic rings. The molecule has 0 fully saturated rings. The van der Waals surface area contributed by atoms with E-state index in [9.17, 15) is 4.79 Å². The fourth-order valence-electron chi connectivity index (χ4n) is 2.17. The number of nitrogens with zero attached hydrogens (tertiary/aromatic N) is 1. The lowest BCUT2D eigenvalue weighted by Gasteiger charge is -2.11. The Kier molecular flexibility index (Phi) is 5.12. The summed E-state index contributed by atoms with van der Waals surface area (Å²) in [5.41, 5.74) is 2.45. The monoisotopic (exact) mass is 360 g/mol. The lowest BCUT2D eigenvalue weighted by atomic mass is 10.2. The van der Waals surface area contributed by atoms with Gasteiger partial charge in [-0.15, -0.1) is 11.3 Å². The number of hydrogen-bond acceptors (Lipinski definition) is 6. The van der Waals surface area contributed by atoms with E-state index in [1.54, 1.807) is 55.1 Å². The van der Waals surface area contributed by atoms with Crippen molar-refractivity contribution < 1.29 is 14.3 Å². The first kappa shape index (κ1) is 16.5. The van der Waals surface area contributed by atoms with Gasteiger partial charge in [0.15, 0.2) is 0 Å². The fourth-order valence-corrected chi connectivity index (χ4v) is 3.70. The number of ether oxygens (including phenoxy) is 2. The third-order valence-electron chi connectivity index (χ3n) is 3.34. The minimum absolute atomic E-state index is 0.138. The van der Waals surface area contributed by atoms with Gasteiger partial charge < -0.3 is 14.8 Å². The minimum atomic E-state index is -0.138. The van der Waals surface area contributed by atoms with Crippen molar-refractivity contribution in [3.63, 3.8) is 0 Å². The Bertz CT molecular complexity index is 828. The molecule has 2 aromatic heterocycles. The van der Waals surface area contributed by atoms with Crippen LogP contribution in [-0.4, -0.2) is 25.1 Å². The van der Waals surface area contributed by atoms with Gasteiger partial charge in [-0.25, -0.2) is 4.98 Å². The molecule has 0 aliphatic carbocycles. The Labute approximate surface area is 147 Å². The number of aromatic nitrogens is 1. The largest absolute Gasteiger partial charge is 0.497 e. The normalized spacial score (nSPS) is 10.4. The van der Waals surface area contributed by atoms with Crippen molar-refractivity contribution in [1.29, 1.82) is 0 Å². The molecule has 2 heterocycles. The molecular formula is C17H16N2O3S2. The van der Waals surface area contributed by atoms with E-state index in [4.69, 9.17) is 9.47 Å². The predicted molar refractivity (Wildman–Crippen MR) is 97.3 cm³/mol. The molecule has 0 saturated carbocycles. The second-order valence-electron chi connectivity index (χ2n) is 4.95. The van der Waals surface area contributed by atoms with Crippen LogP contribution in [0.5, 0.6) is 11.5 Å². The van der Waals surface area contributed by atoms with Crippen LogP contribution in [-0.2, 0) is 11.2 Å². The number of carbonyl (C=O) groups is 1. The highest BCUT2D eigenvalue weighted by Gasteiger charge is 2.12. The van der Waals surface area contributed by atoms with Gasteiger partial charge in [-0.2, -0.15) is 11.3 Å². The molecule has 1 aromatic carbocycles. The number of anilines is 1. The maximum absolute atomic E-state index is 12.3. The van der Waals surface area contributed by atoms with Crippen molar-refractivity contribution in [1.82, 2.24) is 4.98 Å². The van der Waals surface area contributed by atoms with E-state index in [2.05, 4.69) is 10.3 Å². The zero-order chi connectivity index (χ0) is 16.9. The summed E-state index contributed by atoms with van der Waals surface area (Å²) in [4.78, 5) is 16.8. The molecule has 5 nitrogen and oxygen atoms in total. The van der Waals surface area contributed by atoms with Gasteiger partial charge in [-0.3, -0.25) is 4.79 Å². The van der Waals surface area contributed by atoms with Crippen LogP contribution in [0.3, 0.4) is 0 Å². The van der Waals surface area contributed by atoms with E-state index in [1.165, 1.54) is 0 Å². The number of hydrogen-bond donors (Lipinski definition) is 1. The Morgan fingerprint density at radius 1 is 1.21 bits per heavy atom. The highest BCUT2D eigenvalue weighted by molar-refractivity contribution is 7.14. The smallest absolute Gasteiger partial charge is 0.230 e. The molecule has 0 unspecified atom stereocenters. The van der Waals surface area contributed by atoms with Crippen LogP contribution in [0.15, 0.2) is 40.4 Å². The van der Waals surface area contributed by atoms with Crippen molar-refractivity contribution in [3.8, 4) is 22.1 Å². The van der Waals surface area contributed by atoms with Gasteiger partial charge in [0.25, 0.3) is 0 Å². The van der Waals surface area contributed by atoms with Gasteiger partial charge in [0.2, 0.25) is 5.91 Å². The summed E-state index contributed by atoms with van der Waals surface area (Å²) in [5, 5.41) is 9.76. The van der Waals surface area contributed by atoms with E-state index >= 15 is 0 Å². The Morgan fingerprint density at radius 2 is 2.08 bits per heavy atom. The third-order valence-corrected chi connectivity index (χ3v) is 4.97. The van der Waals surface area contributed by atoms with E-state index < -0.39 is 0 Å². The lowest BCUT2D eigenvalue weighted by molar-refractivity contribution is -0.115. The standard InChI is InChI=1S/C17H16N2O3S2/c1-21-13-3-4-14(15(8-13)22-2)19-16(20)7-12-10-24-17(18-12)11-5-6-23-9-11/h3-6,8-10H,7H2,1-2H3,(H,19,20). The molecule has 1 N–H and O–H groups in total. The highest BCUT2D eigenvalue weighted by Crippen LogP contribution is 2.29. The number of nitrogens with one attached hydrogen (secondary N) is 1. The summed E-state index contributed by atoms with van der Waals surface area (Å²) in [7, 11) is 3.14. The van der Waals surface area contributed by atoms with Crippen LogP contribution in [0, 0.1) is 0 Å². The zero-order valence-corrected chi connectivity index (χ0v) is 14.9. The molecule has 0 spiro atoms. The Hall–Kier alpha value is -2.38. The van der Waals surface area contributed by atoms with Crippen molar-refractivity contribution in [3.05, 3.63) is 46.1 Å². The van der Waals surface area contributed by atoms with Gasteiger partial charge in [0.1, 0.15) is 16.5 Å². The molecule has 24 heavy (non-hydrogen) atoms. The van der Waals surface area contributed by atoms with E-state index in [0.717, 1.165) is 16.3 Å². The number of methoxy groups -OCH3 is 2. The predicted octanol–water partition coefficient (Wildman–Crippen LogP) is 4.07. The molecular weight excluding hydrogens is 344 g/mol. The average Bonchev–Trinajstić information content (AvgIpc) is 3.26. The summed E-state index contributed by atoms with van der Waals surface area (Å²) in [5.74, 6) is 1.09. The molecule has 1 amide bonds. The van der Waals surface area contributed by atoms with Crippen LogP contribution in [0.25, 0.3) is 10.6 Å². The maximum atomic E-state index is 12.3. The molecule has 124 valence electrons. The first-order chi connectivity index (χ1) is 11.7. The number of carbonyl (C=O) groups excluding carboxylic acids is 1. The summed E-state index contributed by atoms with van der Waals surface area (Å²) in [6.45, 7) is 0. The average molecular weight is 360 g/mol. The molecule has 0 bridgehead atoms. The summed E-state index contributed by atoms with van der Waals surface area (Å²) in [6, 6.07) is 7.28. The molecule has 7 heteroatoms. The quantitative estimate of drug-likeness (QED) is 0.720. The number of thiazole rings is 1. The molecule has 3 rings (SSSR count). The van der Waals surface area contributed by atoms with Crippen molar-refractivity contribution in [2.45, 2.75) is 6.42 Å². The number of benzene rings is 1. The summed E-state index contributed by atoms with van der Waals surface area (Å²) >= 11 is 3.17. The minimum Gasteiger partial charge on any atom is -0.497 e. The number of thiophene rings is 1. The maximum Gasteiger partial charge on any atom is 0.230 e. The second kappa shape index (κ2) is 7.46. The van der Waals surface area contributed by atoms with E-state index in [0.29, 0.717) is 17.2 Å². The lowest BCUT2D eigenvalue weighted by Crippen LogP contribution is -2.15. The Balaban J connectivity index is 1.68. The molecule has 0 saturated heterocycles. The number of amides is 1. The van der Waals surface area contributed by atoms with Crippen LogP contribution >= 0.6 is 22.7 Å². The van der Waals surface area contributed by atoms with Gasteiger partial charge in [-0.1, -0.05) is 0 Å². The van der Waals surface area contributed by atoms with Crippen LogP contribution in [0.2, 0.25) is 0 Å². The van der Waals surface area contributed by atoms with Crippen LogP contribution < -0.4 is 14.8 Å². The van der Waals surface area contributed by atoms with Crippen LogP contribution in [0.4, 0.5) is 5.69 Å². The van der Waals surface area contributed by atoms with Crippen molar-refractivity contribution >= 4 is 34.3 Å². The first-order valence-electron chi connectivity index (χ1n) is 7.18. The molecule has 3 aromatic rings. The van der Waals surface area contributed by atoms with Gasteiger partial charge >= 0.3 is 0 Å². The molecule has 0 atom stereocenters. The Morgan fingerprint density at radius 3 is 2.79 bits per heavy atom. The topological polar surface area (TPSA) is 60.5 Å². The van der Waals surface area contributed by atoms with Gasteiger partial charge in [0, 0.05) is 22.4 Å². The van der Waals surface area contributed by atoms with Crippen molar-refractivity contribution in [2.24, 2.45) is 0 Å². The van der Waals surface area contributed by atoms with Gasteiger partial charge in [0.05, 0.1) is 32.0 Å². The second-order valence-corrected chi connectivity index (χ2v) is 6.59. The highest BCUT2D eigenvalue weighted by atomic mass is 32.1. The van der Waals surface area contributed by atoms with Gasteiger partial charge in [-0.05, 0) is 23.6 Å². The summed E-state index contributed by atoms with van der Waals surface area (Å²) in [6.07, 6.45) is 0.218. The van der Waals surface area contributed by atoms with E-state index in [-0.39, 0.29) is 12.3 Å². The third kappa shape index (κ3) is 3.74. The molecule has 0 radical (unpaired) electrons. The summed E-state index contributed by atoms with van der Waals surface area (Å²) < 4.78 is 10.4. The first-order valence-corrected chi connectivity index (χ1v) is 9.00.